The van der Waals surface area contributed by atoms with Gasteiger partial charge in [-0.3, -0.25) is 14.5 Å². The van der Waals surface area contributed by atoms with E-state index in [9.17, 15) is 14.4 Å². The number of methoxy groups -OCH3 is 1. The molecule has 146 valence electrons. The van der Waals surface area contributed by atoms with Crippen LogP contribution in [0.1, 0.15) is 26.3 Å². The summed E-state index contributed by atoms with van der Waals surface area (Å²) in [5, 5.41) is -0.510. The van der Waals surface area contributed by atoms with Gasteiger partial charge in [0.1, 0.15) is 6.04 Å². The normalized spacial score (nSPS) is 16.6. The maximum atomic E-state index is 12.6. The fraction of sp³-hybridized carbons (Fsp3) is 0.389. The van der Waals surface area contributed by atoms with E-state index in [1.165, 1.54) is 14.0 Å². The molecule has 0 saturated carbocycles. The Kier molecular flexibility index (Phi) is 7.32. The summed E-state index contributed by atoms with van der Waals surface area (Å²) in [5.41, 5.74) is 0.650. The van der Waals surface area contributed by atoms with Crippen molar-refractivity contribution in [2.45, 2.75) is 26.8 Å². The summed E-state index contributed by atoms with van der Waals surface area (Å²) in [5.74, 6) is -0.0983. The van der Waals surface area contributed by atoms with Gasteiger partial charge in [-0.1, -0.05) is 0 Å². The topological polar surface area (TPSA) is 82.1 Å². The van der Waals surface area contributed by atoms with Gasteiger partial charge in [0.15, 0.2) is 11.5 Å². The van der Waals surface area contributed by atoms with Crippen molar-refractivity contribution in [1.29, 1.82) is 0 Å². The second kappa shape index (κ2) is 9.27. The quantitative estimate of drug-likeness (QED) is 0.454. The average Bonchev–Trinajstić information content (AvgIpc) is 2.90. The molecule has 0 spiro atoms. The van der Waals surface area contributed by atoms with E-state index in [4.69, 9.17) is 14.2 Å². The molecule has 9 heteroatoms. The van der Waals surface area contributed by atoms with Crippen molar-refractivity contribution in [3.05, 3.63) is 27.1 Å². The summed E-state index contributed by atoms with van der Waals surface area (Å²) < 4.78 is 16.4. The van der Waals surface area contributed by atoms with E-state index >= 15 is 0 Å². The van der Waals surface area contributed by atoms with Gasteiger partial charge in [-0.2, -0.15) is 0 Å². The minimum absolute atomic E-state index is 0.176. The number of esters is 1. The Morgan fingerprint density at radius 2 is 2.00 bits per heavy atom. The van der Waals surface area contributed by atoms with E-state index in [1.54, 1.807) is 25.1 Å². The van der Waals surface area contributed by atoms with Crippen LogP contribution in [0.5, 0.6) is 11.5 Å². The zero-order valence-electron chi connectivity index (χ0n) is 15.4. The highest BCUT2D eigenvalue weighted by Gasteiger charge is 2.41. The third kappa shape index (κ3) is 4.65. The molecule has 1 fully saturated rings. The molecule has 1 aliphatic heterocycles. The number of imide groups is 1. The summed E-state index contributed by atoms with van der Waals surface area (Å²) in [6, 6.07) is 2.49. The van der Waals surface area contributed by atoms with Gasteiger partial charge in [0.2, 0.25) is 0 Å². The summed E-state index contributed by atoms with van der Waals surface area (Å²) in [6.45, 7) is 5.64. The molecule has 1 aromatic carbocycles. The number of nitrogens with zero attached hydrogens (tertiary/aromatic N) is 1. The molecule has 1 saturated heterocycles. The number of thioether (sulfide) groups is 1. The molecular formula is C18H20BrNO6S. The minimum atomic E-state index is -0.982. The van der Waals surface area contributed by atoms with Crippen molar-refractivity contribution in [1.82, 2.24) is 4.90 Å². The Balaban J connectivity index is 2.32. The summed E-state index contributed by atoms with van der Waals surface area (Å²) >= 11 is 4.20. The fourth-order valence-corrected chi connectivity index (χ4v) is 3.92. The van der Waals surface area contributed by atoms with Crippen LogP contribution in [0.3, 0.4) is 0 Å². The molecular weight excluding hydrogens is 438 g/mol. The zero-order valence-corrected chi connectivity index (χ0v) is 17.8. The van der Waals surface area contributed by atoms with Crippen LogP contribution in [-0.2, 0) is 14.3 Å². The Bertz CT molecular complexity index is 794. The maximum absolute atomic E-state index is 12.6. The highest BCUT2D eigenvalue weighted by Crippen LogP contribution is 2.39. The van der Waals surface area contributed by atoms with Crippen LogP contribution in [0.2, 0.25) is 0 Å². The maximum Gasteiger partial charge on any atom is 0.329 e. The minimum Gasteiger partial charge on any atom is -0.493 e. The van der Waals surface area contributed by atoms with Crippen molar-refractivity contribution in [2.24, 2.45) is 0 Å². The third-order valence-electron chi connectivity index (χ3n) is 3.68. The van der Waals surface area contributed by atoms with Gasteiger partial charge in [-0.05, 0) is 72.2 Å². The second-order valence-electron chi connectivity index (χ2n) is 5.45. The molecule has 0 aliphatic carbocycles. The van der Waals surface area contributed by atoms with Gasteiger partial charge in [0.25, 0.3) is 11.1 Å². The van der Waals surface area contributed by atoms with Gasteiger partial charge in [0.05, 0.1) is 29.7 Å². The van der Waals surface area contributed by atoms with Crippen LogP contribution >= 0.6 is 27.7 Å². The van der Waals surface area contributed by atoms with Crippen LogP contribution in [0.15, 0.2) is 21.5 Å². The summed E-state index contributed by atoms with van der Waals surface area (Å²) in [6.07, 6.45) is 1.58. The van der Waals surface area contributed by atoms with E-state index in [-0.39, 0.29) is 11.5 Å². The number of hydrogen-bond acceptors (Lipinski definition) is 7. The molecule has 1 heterocycles. The number of carbonyl (C=O) groups is 3. The smallest absolute Gasteiger partial charge is 0.329 e. The SMILES string of the molecule is CCOC(=O)C(C)N1C(=O)S/C(=C/c2cc(Br)c(OCC)c(OC)c2)C1=O. The molecule has 7 nitrogen and oxygen atoms in total. The van der Waals surface area contributed by atoms with Gasteiger partial charge >= 0.3 is 5.97 Å². The average molecular weight is 458 g/mol. The first-order valence-electron chi connectivity index (χ1n) is 8.28. The third-order valence-corrected chi connectivity index (χ3v) is 5.15. The van der Waals surface area contributed by atoms with Crippen LogP contribution < -0.4 is 9.47 Å². The number of ether oxygens (including phenoxy) is 3. The lowest BCUT2D eigenvalue weighted by Crippen LogP contribution is -2.42. The number of amides is 2. The molecule has 1 atom stereocenters. The molecule has 2 amide bonds. The van der Waals surface area contributed by atoms with Crippen molar-refractivity contribution in [2.75, 3.05) is 20.3 Å². The highest BCUT2D eigenvalue weighted by molar-refractivity contribution is 9.10. The molecule has 1 unspecified atom stereocenters. The van der Waals surface area contributed by atoms with Crippen molar-refractivity contribution < 1.29 is 28.6 Å². The number of benzene rings is 1. The van der Waals surface area contributed by atoms with E-state index < -0.39 is 23.2 Å². The molecule has 27 heavy (non-hydrogen) atoms. The van der Waals surface area contributed by atoms with Crippen molar-refractivity contribution in [3.63, 3.8) is 0 Å². The van der Waals surface area contributed by atoms with Crippen LogP contribution in [-0.4, -0.2) is 48.4 Å². The predicted octanol–water partition coefficient (Wildman–Crippen LogP) is 3.84. The van der Waals surface area contributed by atoms with Crippen molar-refractivity contribution in [3.8, 4) is 11.5 Å². The number of carbonyl (C=O) groups excluding carboxylic acids is 3. The standard InChI is InChI=1S/C18H20BrNO6S/c1-5-25-15-12(19)7-11(8-13(15)24-4)9-14-16(21)20(18(23)27-14)10(3)17(22)26-6-2/h7-10H,5-6H2,1-4H3/b14-9+. The van der Waals surface area contributed by atoms with Crippen LogP contribution in [0, 0.1) is 0 Å². The van der Waals surface area contributed by atoms with Crippen LogP contribution in [0.4, 0.5) is 4.79 Å². The highest BCUT2D eigenvalue weighted by atomic mass is 79.9. The molecule has 1 aliphatic rings. The fourth-order valence-electron chi connectivity index (χ4n) is 2.44. The first-order valence-corrected chi connectivity index (χ1v) is 9.88. The lowest BCUT2D eigenvalue weighted by molar-refractivity contribution is -0.150. The summed E-state index contributed by atoms with van der Waals surface area (Å²) in [7, 11) is 1.52. The Morgan fingerprint density at radius 1 is 1.30 bits per heavy atom. The molecule has 1 aromatic rings. The van der Waals surface area contributed by atoms with E-state index in [1.807, 2.05) is 6.92 Å². The predicted molar refractivity (Wildman–Crippen MR) is 106 cm³/mol. The van der Waals surface area contributed by atoms with Crippen LogP contribution in [0.25, 0.3) is 6.08 Å². The number of halogens is 1. The second-order valence-corrected chi connectivity index (χ2v) is 7.29. The number of hydrogen-bond donors (Lipinski definition) is 0. The lowest BCUT2D eigenvalue weighted by Gasteiger charge is -2.19. The van der Waals surface area contributed by atoms with E-state index in [0.717, 1.165) is 16.7 Å². The Morgan fingerprint density at radius 3 is 2.59 bits per heavy atom. The Hall–Kier alpha value is -2.00. The largest absolute Gasteiger partial charge is 0.493 e. The molecule has 0 bridgehead atoms. The molecule has 0 radical (unpaired) electrons. The first kappa shape index (κ1) is 21.3. The van der Waals surface area contributed by atoms with Gasteiger partial charge in [-0.25, -0.2) is 4.79 Å². The summed E-state index contributed by atoms with van der Waals surface area (Å²) in [4.78, 5) is 37.9. The number of rotatable bonds is 7. The van der Waals surface area contributed by atoms with E-state index in [0.29, 0.717) is 28.1 Å². The van der Waals surface area contributed by atoms with Gasteiger partial charge in [-0.15, -0.1) is 0 Å². The van der Waals surface area contributed by atoms with Crippen molar-refractivity contribution >= 4 is 50.9 Å². The monoisotopic (exact) mass is 457 g/mol. The Labute approximate surface area is 170 Å². The lowest BCUT2D eigenvalue weighted by atomic mass is 10.1. The first-order chi connectivity index (χ1) is 12.8. The van der Waals surface area contributed by atoms with Gasteiger partial charge < -0.3 is 14.2 Å². The molecule has 2 rings (SSSR count). The van der Waals surface area contributed by atoms with E-state index in [2.05, 4.69) is 15.9 Å². The molecule has 0 aromatic heterocycles. The van der Waals surface area contributed by atoms with Gasteiger partial charge in [0, 0.05) is 0 Å². The zero-order chi connectivity index (χ0) is 20.1. The molecule has 0 N–H and O–H groups in total.